The van der Waals surface area contributed by atoms with E-state index in [0.717, 1.165) is 11.6 Å². The van der Waals surface area contributed by atoms with E-state index < -0.39 is 11.7 Å². The third-order valence-corrected chi connectivity index (χ3v) is 3.13. The van der Waals surface area contributed by atoms with Gasteiger partial charge in [-0.15, -0.1) is 0 Å². The number of carbonyl (C=O) groups excluding carboxylic acids is 2. The second-order valence-corrected chi connectivity index (χ2v) is 5.14. The summed E-state index contributed by atoms with van der Waals surface area (Å²) in [6.45, 7) is 1.31. The zero-order valence-electron chi connectivity index (χ0n) is 12.3. The van der Waals surface area contributed by atoms with Crippen LogP contribution in [0.4, 0.5) is 10.1 Å². The molecular weight excluding hydrogens is 319 g/mol. The van der Waals surface area contributed by atoms with Gasteiger partial charge in [0, 0.05) is 12.6 Å². The van der Waals surface area contributed by atoms with Crippen molar-refractivity contribution in [1.29, 1.82) is 0 Å². The van der Waals surface area contributed by atoms with Gasteiger partial charge in [0.2, 0.25) is 5.91 Å². The van der Waals surface area contributed by atoms with Gasteiger partial charge in [-0.25, -0.2) is 4.39 Å². The molecule has 0 heterocycles. The summed E-state index contributed by atoms with van der Waals surface area (Å²) in [5.74, 6) is -1.49. The second-order valence-electron chi connectivity index (χ2n) is 4.73. The molecule has 0 saturated carbocycles. The van der Waals surface area contributed by atoms with Gasteiger partial charge in [-0.3, -0.25) is 9.59 Å². The first-order valence-corrected chi connectivity index (χ1v) is 7.14. The Morgan fingerprint density at radius 2 is 1.83 bits per heavy atom. The van der Waals surface area contributed by atoms with Crippen molar-refractivity contribution in [3.8, 4) is 0 Å². The third-order valence-electron chi connectivity index (χ3n) is 2.84. The summed E-state index contributed by atoms with van der Waals surface area (Å²) >= 11 is 5.68. The van der Waals surface area contributed by atoms with E-state index in [-0.39, 0.29) is 16.6 Å². The fourth-order valence-electron chi connectivity index (χ4n) is 1.84. The van der Waals surface area contributed by atoms with Gasteiger partial charge in [0.15, 0.2) is 0 Å². The Balaban J connectivity index is 2.24. The summed E-state index contributed by atoms with van der Waals surface area (Å²) in [6.07, 6.45) is 1.54. The lowest BCUT2D eigenvalue weighted by molar-refractivity contribution is -0.120. The van der Waals surface area contributed by atoms with E-state index in [4.69, 9.17) is 11.6 Å². The monoisotopic (exact) mass is 332 g/mol. The number of amides is 2. The predicted molar refractivity (Wildman–Crippen MR) is 88.3 cm³/mol. The normalized spacial score (nSPS) is 11.0. The average molecular weight is 333 g/mol. The summed E-state index contributed by atoms with van der Waals surface area (Å²) in [6, 6.07) is 12.9. The zero-order valence-corrected chi connectivity index (χ0v) is 13.0. The van der Waals surface area contributed by atoms with Gasteiger partial charge in [-0.05, 0) is 29.8 Å². The van der Waals surface area contributed by atoms with Crippen LogP contribution >= 0.6 is 11.6 Å². The summed E-state index contributed by atoms with van der Waals surface area (Å²) in [5.41, 5.74) is 1.15. The summed E-state index contributed by atoms with van der Waals surface area (Å²) in [5, 5.41) is 4.94. The molecule has 6 heteroatoms. The highest BCUT2D eigenvalue weighted by Gasteiger charge is 2.12. The molecule has 23 heavy (non-hydrogen) atoms. The minimum absolute atomic E-state index is 0.0733. The van der Waals surface area contributed by atoms with E-state index >= 15 is 0 Å². The van der Waals surface area contributed by atoms with Crippen LogP contribution in [0.3, 0.4) is 0 Å². The Labute approximate surface area is 138 Å². The predicted octanol–water partition coefficient (Wildman–Crippen LogP) is 3.59. The van der Waals surface area contributed by atoms with Gasteiger partial charge >= 0.3 is 0 Å². The molecule has 2 aromatic carbocycles. The van der Waals surface area contributed by atoms with Crippen LogP contribution in [0.25, 0.3) is 6.08 Å². The molecule has 0 fully saturated rings. The summed E-state index contributed by atoms with van der Waals surface area (Å²) in [4.78, 5) is 23.6. The molecule has 0 unspecified atom stereocenters. The van der Waals surface area contributed by atoms with Crippen LogP contribution in [0.2, 0.25) is 5.02 Å². The lowest BCUT2D eigenvalue weighted by Crippen LogP contribution is -2.28. The third kappa shape index (κ3) is 4.93. The van der Waals surface area contributed by atoms with Gasteiger partial charge < -0.3 is 10.6 Å². The van der Waals surface area contributed by atoms with Gasteiger partial charge in [0.05, 0.1) is 5.02 Å². The molecule has 0 aliphatic carbocycles. The maximum atomic E-state index is 13.1. The molecular formula is C17H14ClFN2O2. The number of hydrogen-bond acceptors (Lipinski definition) is 2. The quantitative estimate of drug-likeness (QED) is 0.840. The number of nitrogens with one attached hydrogen (secondary N) is 2. The van der Waals surface area contributed by atoms with Crippen LogP contribution in [0.15, 0.2) is 54.2 Å². The highest BCUT2D eigenvalue weighted by Crippen LogP contribution is 2.19. The molecule has 0 aromatic heterocycles. The minimum Gasteiger partial charge on any atom is -0.322 e. The number of hydrogen-bond donors (Lipinski definition) is 2. The highest BCUT2D eigenvalue weighted by atomic mass is 35.5. The highest BCUT2D eigenvalue weighted by molar-refractivity contribution is 6.31. The number of anilines is 1. The van der Waals surface area contributed by atoms with Crippen LogP contribution in [0.5, 0.6) is 0 Å². The van der Waals surface area contributed by atoms with Crippen molar-refractivity contribution in [1.82, 2.24) is 5.32 Å². The first-order chi connectivity index (χ1) is 11.0. The Bertz CT molecular complexity index is 760. The van der Waals surface area contributed by atoms with Gasteiger partial charge in [-0.2, -0.15) is 0 Å². The topological polar surface area (TPSA) is 58.2 Å². The van der Waals surface area contributed by atoms with Gasteiger partial charge in [0.1, 0.15) is 11.5 Å². The first kappa shape index (κ1) is 16.7. The van der Waals surface area contributed by atoms with Crippen molar-refractivity contribution in [3.63, 3.8) is 0 Å². The van der Waals surface area contributed by atoms with Gasteiger partial charge in [0.25, 0.3) is 5.91 Å². The van der Waals surface area contributed by atoms with E-state index in [1.807, 2.05) is 18.2 Å². The number of rotatable bonds is 4. The van der Waals surface area contributed by atoms with E-state index in [9.17, 15) is 14.0 Å². The molecule has 2 aromatic rings. The van der Waals surface area contributed by atoms with E-state index in [0.29, 0.717) is 5.69 Å². The molecule has 0 spiro atoms. The average Bonchev–Trinajstić information content (AvgIpc) is 2.51. The van der Waals surface area contributed by atoms with Crippen LogP contribution in [-0.2, 0) is 9.59 Å². The molecule has 0 atom stereocenters. The van der Waals surface area contributed by atoms with Crippen molar-refractivity contribution >= 4 is 35.2 Å². The van der Waals surface area contributed by atoms with Crippen molar-refractivity contribution < 1.29 is 14.0 Å². The SMILES string of the molecule is CC(=O)NC(=Cc1ccccc1)C(=O)Nc1ccc(F)c(Cl)c1. The van der Waals surface area contributed by atoms with Crippen molar-refractivity contribution in [2.24, 2.45) is 0 Å². The molecule has 0 radical (unpaired) electrons. The van der Waals surface area contributed by atoms with E-state index in [2.05, 4.69) is 10.6 Å². The number of carbonyl (C=O) groups is 2. The lowest BCUT2D eigenvalue weighted by atomic mass is 10.2. The Hall–Kier alpha value is -2.66. The van der Waals surface area contributed by atoms with Crippen molar-refractivity contribution in [2.75, 3.05) is 5.32 Å². The second kappa shape index (κ2) is 7.56. The molecule has 2 rings (SSSR count). The molecule has 2 amide bonds. The van der Waals surface area contributed by atoms with Crippen LogP contribution in [0.1, 0.15) is 12.5 Å². The minimum atomic E-state index is -0.577. The Morgan fingerprint density at radius 1 is 1.13 bits per heavy atom. The molecule has 0 aliphatic heterocycles. The fourth-order valence-corrected chi connectivity index (χ4v) is 2.02. The molecule has 0 saturated heterocycles. The Kier molecular flexibility index (Phi) is 5.49. The van der Waals surface area contributed by atoms with Crippen molar-refractivity contribution in [2.45, 2.75) is 6.92 Å². The molecule has 2 N–H and O–H groups in total. The van der Waals surface area contributed by atoms with E-state index in [1.54, 1.807) is 18.2 Å². The largest absolute Gasteiger partial charge is 0.322 e. The Morgan fingerprint density at radius 3 is 2.43 bits per heavy atom. The van der Waals surface area contributed by atoms with Gasteiger partial charge in [-0.1, -0.05) is 41.9 Å². The summed E-state index contributed by atoms with van der Waals surface area (Å²) < 4.78 is 13.1. The first-order valence-electron chi connectivity index (χ1n) is 6.76. The fraction of sp³-hybridized carbons (Fsp3) is 0.0588. The van der Waals surface area contributed by atoms with Crippen molar-refractivity contribution in [3.05, 3.63) is 70.6 Å². The van der Waals surface area contributed by atoms with Crippen LogP contribution in [-0.4, -0.2) is 11.8 Å². The van der Waals surface area contributed by atoms with E-state index in [1.165, 1.54) is 19.1 Å². The molecule has 0 bridgehead atoms. The maximum Gasteiger partial charge on any atom is 0.272 e. The smallest absolute Gasteiger partial charge is 0.272 e. The molecule has 118 valence electrons. The molecule has 0 aliphatic rings. The lowest BCUT2D eigenvalue weighted by Gasteiger charge is -2.10. The number of benzene rings is 2. The summed E-state index contributed by atoms with van der Waals surface area (Å²) in [7, 11) is 0. The zero-order chi connectivity index (χ0) is 16.8. The number of halogens is 2. The standard InChI is InChI=1S/C17H14ClFN2O2/c1-11(22)20-16(9-12-5-3-2-4-6-12)17(23)21-13-7-8-15(19)14(18)10-13/h2-10H,1H3,(H,20,22)(H,21,23). The maximum absolute atomic E-state index is 13.1. The van der Waals surface area contributed by atoms with Crippen LogP contribution in [0, 0.1) is 5.82 Å². The van der Waals surface area contributed by atoms with Crippen LogP contribution < -0.4 is 10.6 Å². The molecule has 4 nitrogen and oxygen atoms in total.